The van der Waals surface area contributed by atoms with Crippen LogP contribution in [0.4, 0.5) is 0 Å². The Morgan fingerprint density at radius 2 is 1.74 bits per heavy atom. The average molecular weight is 531 g/mol. The molecule has 0 aliphatic rings. The summed E-state index contributed by atoms with van der Waals surface area (Å²) < 4.78 is 1.90. The molecule has 3 aromatic carbocycles. The summed E-state index contributed by atoms with van der Waals surface area (Å²) in [5.41, 5.74) is 6.12. The number of thioether (sulfide) groups is 1. The maximum Gasteiger partial charge on any atom is 0.250 e. The van der Waals surface area contributed by atoms with Gasteiger partial charge in [0, 0.05) is 16.3 Å². The average Bonchev–Trinajstić information content (AvgIpc) is 3.25. The zero-order valence-electron chi connectivity index (χ0n) is 17.9. The molecule has 0 bridgehead atoms. The molecule has 0 unspecified atom stereocenters. The Hall–Kier alpha value is -2.84. The molecule has 1 N–H and O–H groups in total. The summed E-state index contributed by atoms with van der Waals surface area (Å²) in [6, 6.07) is 20.5. The van der Waals surface area contributed by atoms with Crippen LogP contribution in [-0.4, -0.2) is 32.6 Å². The molecule has 0 radical (unpaired) electrons. The van der Waals surface area contributed by atoms with Gasteiger partial charge in [0.1, 0.15) is 0 Å². The lowest BCUT2D eigenvalue weighted by Crippen LogP contribution is -2.20. The van der Waals surface area contributed by atoms with Gasteiger partial charge < -0.3 is 0 Å². The zero-order valence-corrected chi connectivity index (χ0v) is 21.0. The summed E-state index contributed by atoms with van der Waals surface area (Å²) in [5, 5.41) is 14.8. The Bertz CT molecular complexity index is 1340. The van der Waals surface area contributed by atoms with Gasteiger partial charge in [0.05, 0.1) is 22.0 Å². The van der Waals surface area contributed by atoms with Crippen LogP contribution >= 0.6 is 46.6 Å². The molecule has 172 valence electrons. The van der Waals surface area contributed by atoms with Crippen LogP contribution in [0.5, 0.6) is 0 Å². The fourth-order valence-electron chi connectivity index (χ4n) is 3.01. The van der Waals surface area contributed by atoms with Gasteiger partial charge in [-0.2, -0.15) is 5.10 Å². The SMILES string of the molecule is Cc1ccc(-c2nnc(SCC(=O)N/N=C\c3ccc(Cl)c(Cl)c3)n2-c2ccc(Cl)cc2)cc1. The lowest BCUT2D eigenvalue weighted by atomic mass is 10.1. The highest BCUT2D eigenvalue weighted by atomic mass is 35.5. The molecule has 1 amide bonds. The number of rotatable bonds is 7. The summed E-state index contributed by atoms with van der Waals surface area (Å²) >= 11 is 19.2. The number of amides is 1. The lowest BCUT2D eigenvalue weighted by Gasteiger charge is -2.10. The van der Waals surface area contributed by atoms with E-state index in [0.717, 1.165) is 16.8 Å². The van der Waals surface area contributed by atoms with Crippen molar-refractivity contribution in [2.75, 3.05) is 5.75 Å². The monoisotopic (exact) mass is 529 g/mol. The van der Waals surface area contributed by atoms with E-state index in [-0.39, 0.29) is 11.7 Å². The standard InChI is InChI=1S/C24H18Cl3N5OS/c1-15-2-5-17(6-3-15)23-30-31-24(32(23)19-9-7-18(25)8-10-19)34-14-22(33)29-28-13-16-4-11-20(26)21(27)12-16/h2-13H,14H2,1H3,(H,29,33)/b28-13-. The van der Waals surface area contributed by atoms with Gasteiger partial charge in [-0.1, -0.05) is 82.5 Å². The van der Waals surface area contributed by atoms with Crippen LogP contribution in [0.15, 0.2) is 77.0 Å². The quantitative estimate of drug-likeness (QED) is 0.169. The number of aryl methyl sites for hydroxylation is 1. The molecule has 0 spiro atoms. The van der Waals surface area contributed by atoms with Gasteiger partial charge in [-0.25, -0.2) is 5.43 Å². The summed E-state index contributed by atoms with van der Waals surface area (Å²) in [4.78, 5) is 12.4. The molecule has 10 heteroatoms. The normalized spacial score (nSPS) is 11.2. The van der Waals surface area contributed by atoms with Crippen molar-refractivity contribution >= 4 is 58.7 Å². The van der Waals surface area contributed by atoms with Crippen molar-refractivity contribution in [3.63, 3.8) is 0 Å². The fraction of sp³-hybridized carbons (Fsp3) is 0.0833. The minimum atomic E-state index is -0.288. The summed E-state index contributed by atoms with van der Waals surface area (Å²) in [5.74, 6) is 0.477. The third-order valence-electron chi connectivity index (χ3n) is 4.71. The van der Waals surface area contributed by atoms with Gasteiger partial charge in [0.2, 0.25) is 0 Å². The predicted molar refractivity (Wildman–Crippen MR) is 139 cm³/mol. The topological polar surface area (TPSA) is 72.2 Å². The van der Waals surface area contributed by atoms with E-state index in [9.17, 15) is 4.79 Å². The van der Waals surface area contributed by atoms with Gasteiger partial charge in [-0.05, 0) is 48.9 Å². The molecule has 6 nitrogen and oxygen atoms in total. The van der Waals surface area contributed by atoms with Crippen LogP contribution in [0.25, 0.3) is 17.1 Å². The van der Waals surface area contributed by atoms with E-state index in [2.05, 4.69) is 20.7 Å². The van der Waals surface area contributed by atoms with E-state index >= 15 is 0 Å². The first kappa shape index (κ1) is 24.3. The Labute approximate surface area is 215 Å². The Morgan fingerprint density at radius 1 is 1.00 bits per heavy atom. The molecular formula is C24H18Cl3N5OS. The summed E-state index contributed by atoms with van der Waals surface area (Å²) in [7, 11) is 0. The minimum Gasteiger partial charge on any atom is -0.272 e. The Balaban J connectivity index is 1.50. The first-order chi connectivity index (χ1) is 16.4. The molecular weight excluding hydrogens is 513 g/mol. The zero-order chi connectivity index (χ0) is 24.1. The van der Waals surface area contributed by atoms with Crippen molar-refractivity contribution in [3.05, 3.63) is 92.9 Å². The van der Waals surface area contributed by atoms with Crippen LogP contribution in [0, 0.1) is 6.92 Å². The van der Waals surface area contributed by atoms with Crippen molar-refractivity contribution in [3.8, 4) is 17.1 Å². The summed E-state index contributed by atoms with van der Waals surface area (Å²) in [6.07, 6.45) is 1.50. The third-order valence-corrected chi connectivity index (χ3v) is 6.63. The Kier molecular flexibility index (Phi) is 7.90. The van der Waals surface area contributed by atoms with Crippen LogP contribution in [0.3, 0.4) is 0 Å². The van der Waals surface area contributed by atoms with Gasteiger partial charge in [-0.15, -0.1) is 10.2 Å². The molecule has 1 aromatic heterocycles. The maximum absolute atomic E-state index is 12.4. The lowest BCUT2D eigenvalue weighted by molar-refractivity contribution is -0.118. The molecule has 4 aromatic rings. The van der Waals surface area contributed by atoms with Gasteiger partial charge in [0.15, 0.2) is 11.0 Å². The van der Waals surface area contributed by atoms with Gasteiger partial charge in [-0.3, -0.25) is 9.36 Å². The van der Waals surface area contributed by atoms with E-state index in [0.29, 0.717) is 31.6 Å². The number of nitrogens with zero attached hydrogens (tertiary/aromatic N) is 4. The van der Waals surface area contributed by atoms with Crippen molar-refractivity contribution in [2.45, 2.75) is 12.1 Å². The molecule has 0 aliphatic heterocycles. The highest BCUT2D eigenvalue weighted by molar-refractivity contribution is 7.99. The molecule has 34 heavy (non-hydrogen) atoms. The molecule has 0 saturated heterocycles. The van der Waals surface area contributed by atoms with E-state index in [1.165, 1.54) is 18.0 Å². The van der Waals surface area contributed by atoms with Crippen molar-refractivity contribution in [1.82, 2.24) is 20.2 Å². The number of hydrogen-bond donors (Lipinski definition) is 1. The number of nitrogens with one attached hydrogen (secondary N) is 1. The van der Waals surface area contributed by atoms with E-state index < -0.39 is 0 Å². The predicted octanol–water partition coefficient (Wildman–Crippen LogP) is 6.45. The number of aromatic nitrogens is 3. The van der Waals surface area contributed by atoms with E-state index in [1.54, 1.807) is 30.3 Å². The van der Waals surface area contributed by atoms with Crippen molar-refractivity contribution in [1.29, 1.82) is 0 Å². The largest absolute Gasteiger partial charge is 0.272 e. The first-order valence-electron chi connectivity index (χ1n) is 10.1. The number of benzene rings is 3. The molecule has 0 aliphatic carbocycles. The molecule has 0 atom stereocenters. The van der Waals surface area contributed by atoms with E-state index in [1.807, 2.05) is 47.9 Å². The van der Waals surface area contributed by atoms with Crippen LogP contribution in [-0.2, 0) is 4.79 Å². The maximum atomic E-state index is 12.4. The van der Waals surface area contributed by atoms with Crippen LogP contribution < -0.4 is 5.43 Å². The molecule has 0 fully saturated rings. The fourth-order valence-corrected chi connectivity index (χ4v) is 4.19. The second kappa shape index (κ2) is 11.1. The second-order valence-electron chi connectivity index (χ2n) is 7.24. The summed E-state index contributed by atoms with van der Waals surface area (Å²) in [6.45, 7) is 2.03. The molecule has 4 rings (SSSR count). The third kappa shape index (κ3) is 5.98. The number of carbonyl (C=O) groups is 1. The smallest absolute Gasteiger partial charge is 0.250 e. The highest BCUT2D eigenvalue weighted by Gasteiger charge is 2.17. The molecule has 1 heterocycles. The van der Waals surface area contributed by atoms with Crippen molar-refractivity contribution < 1.29 is 4.79 Å². The number of hydrogen-bond acceptors (Lipinski definition) is 5. The van der Waals surface area contributed by atoms with Crippen LogP contribution in [0.1, 0.15) is 11.1 Å². The first-order valence-corrected chi connectivity index (χ1v) is 12.2. The van der Waals surface area contributed by atoms with Gasteiger partial charge >= 0.3 is 0 Å². The van der Waals surface area contributed by atoms with E-state index in [4.69, 9.17) is 34.8 Å². The van der Waals surface area contributed by atoms with Crippen LogP contribution in [0.2, 0.25) is 15.1 Å². The second-order valence-corrected chi connectivity index (χ2v) is 9.43. The number of halogens is 3. The minimum absolute atomic E-state index is 0.0956. The van der Waals surface area contributed by atoms with Crippen molar-refractivity contribution in [2.24, 2.45) is 5.10 Å². The number of hydrazone groups is 1. The Morgan fingerprint density at radius 3 is 2.44 bits per heavy atom. The number of carbonyl (C=O) groups excluding carboxylic acids is 1. The van der Waals surface area contributed by atoms with Gasteiger partial charge in [0.25, 0.3) is 5.91 Å². The molecule has 0 saturated carbocycles. The highest BCUT2D eigenvalue weighted by Crippen LogP contribution is 2.29.